The first-order valence-corrected chi connectivity index (χ1v) is 8.60. The molecule has 0 atom stereocenters. The largest absolute Gasteiger partial charge is 0.462 e. The highest BCUT2D eigenvalue weighted by Gasteiger charge is 2.01. The fourth-order valence-electron chi connectivity index (χ4n) is 1.52. The molecular weight excluding hydrogens is 296 g/mol. The van der Waals surface area contributed by atoms with Crippen molar-refractivity contribution in [1.82, 2.24) is 0 Å². The zero-order chi connectivity index (χ0) is 16.7. The van der Waals surface area contributed by atoms with Crippen LogP contribution in [0.1, 0.15) is 65.2 Å². The smallest absolute Gasteiger partial charge is 0.394 e. The van der Waals surface area contributed by atoms with Gasteiger partial charge < -0.3 is 4.74 Å². The van der Waals surface area contributed by atoms with Crippen molar-refractivity contribution in [1.29, 1.82) is 0 Å². The molecule has 0 spiro atoms. The van der Waals surface area contributed by atoms with Crippen LogP contribution >= 0.6 is 0 Å². The fraction of sp³-hybridized carbons (Fsp3) is 0.786. The Morgan fingerprint density at radius 1 is 1.00 bits per heavy atom. The highest BCUT2D eigenvalue weighted by atomic mass is 32.3. The molecular formula is C14H28O6S. The number of ether oxygens (including phenoxy) is 1. The summed E-state index contributed by atoms with van der Waals surface area (Å²) >= 11 is 0. The Bertz CT molecular complexity index is 367. The predicted octanol–water partition coefficient (Wildman–Crippen LogP) is 3.59. The van der Waals surface area contributed by atoms with Crippen molar-refractivity contribution in [3.8, 4) is 0 Å². The van der Waals surface area contributed by atoms with E-state index in [1.807, 2.05) is 0 Å². The van der Waals surface area contributed by atoms with Crippen LogP contribution in [0.5, 0.6) is 0 Å². The Morgan fingerprint density at radius 2 is 1.38 bits per heavy atom. The van der Waals surface area contributed by atoms with Gasteiger partial charge in [0.2, 0.25) is 0 Å². The van der Waals surface area contributed by atoms with Crippen LogP contribution in [0.25, 0.3) is 0 Å². The average Bonchev–Trinajstić information content (AvgIpc) is 2.34. The second kappa shape index (κ2) is 14.0. The van der Waals surface area contributed by atoms with Crippen molar-refractivity contribution >= 4 is 16.4 Å². The second-order valence-corrected chi connectivity index (χ2v) is 5.73. The fourth-order valence-corrected chi connectivity index (χ4v) is 1.52. The molecule has 0 amide bonds. The van der Waals surface area contributed by atoms with Gasteiger partial charge in [-0.05, 0) is 13.3 Å². The van der Waals surface area contributed by atoms with Crippen molar-refractivity contribution in [2.45, 2.75) is 65.2 Å². The van der Waals surface area contributed by atoms with Gasteiger partial charge in [0.25, 0.3) is 0 Å². The quantitative estimate of drug-likeness (QED) is 0.275. The number of carbonyl (C=O) groups excluding carboxylic acids is 1. The first-order chi connectivity index (χ1) is 9.68. The average molecular weight is 324 g/mol. The molecule has 21 heavy (non-hydrogen) atoms. The lowest BCUT2D eigenvalue weighted by Gasteiger charge is -2.04. The molecule has 0 aliphatic rings. The van der Waals surface area contributed by atoms with Gasteiger partial charge in [-0.15, -0.1) is 0 Å². The van der Waals surface area contributed by atoms with Crippen LogP contribution in [0.3, 0.4) is 0 Å². The van der Waals surface area contributed by atoms with E-state index in [1.54, 1.807) is 6.92 Å². The molecule has 6 nitrogen and oxygen atoms in total. The van der Waals surface area contributed by atoms with Gasteiger partial charge in [0.15, 0.2) is 0 Å². The molecule has 0 saturated carbocycles. The van der Waals surface area contributed by atoms with Crippen LogP contribution < -0.4 is 0 Å². The molecule has 0 aromatic heterocycles. The lowest BCUT2D eigenvalue weighted by molar-refractivity contribution is -0.139. The number of rotatable bonds is 10. The monoisotopic (exact) mass is 324 g/mol. The third kappa shape index (κ3) is 28.1. The maximum Gasteiger partial charge on any atom is 0.394 e. The minimum absolute atomic E-state index is 0.261. The van der Waals surface area contributed by atoms with Gasteiger partial charge in [0, 0.05) is 5.57 Å². The topological polar surface area (TPSA) is 101 Å². The van der Waals surface area contributed by atoms with E-state index in [0.29, 0.717) is 12.2 Å². The summed E-state index contributed by atoms with van der Waals surface area (Å²) in [6.45, 7) is 7.99. The number of hydrogen-bond donors (Lipinski definition) is 2. The number of carbonyl (C=O) groups is 1. The molecule has 0 heterocycles. The van der Waals surface area contributed by atoms with Gasteiger partial charge in [0.05, 0.1) is 6.61 Å². The predicted molar refractivity (Wildman–Crippen MR) is 82.6 cm³/mol. The Hall–Kier alpha value is -0.920. The van der Waals surface area contributed by atoms with E-state index in [4.69, 9.17) is 22.3 Å². The standard InChI is InChI=1S/C14H26O2.H2O4S/c1-4-5-6-7-8-9-10-11-12-16-14(15)13(2)3;1-5(2,3)4/h2,4-12H2,1,3H3;(H2,1,2,3,4). The molecule has 0 aromatic carbocycles. The number of unbranched alkanes of at least 4 members (excludes halogenated alkanes) is 7. The van der Waals surface area contributed by atoms with Crippen molar-refractivity contribution in [2.24, 2.45) is 0 Å². The summed E-state index contributed by atoms with van der Waals surface area (Å²) in [4.78, 5) is 11.0. The van der Waals surface area contributed by atoms with Crippen molar-refractivity contribution < 1.29 is 27.1 Å². The van der Waals surface area contributed by atoms with Crippen molar-refractivity contribution in [3.63, 3.8) is 0 Å². The number of hydrogen-bond acceptors (Lipinski definition) is 4. The zero-order valence-electron chi connectivity index (χ0n) is 13.0. The molecule has 0 aliphatic heterocycles. The van der Waals surface area contributed by atoms with E-state index in [9.17, 15) is 4.79 Å². The Kier molecular flexibility index (Phi) is 14.9. The van der Waals surface area contributed by atoms with Crippen LogP contribution in [-0.2, 0) is 19.9 Å². The van der Waals surface area contributed by atoms with E-state index in [0.717, 1.165) is 12.8 Å². The number of esters is 1. The molecule has 0 unspecified atom stereocenters. The highest BCUT2D eigenvalue weighted by Crippen LogP contribution is 2.08. The normalized spacial score (nSPS) is 10.5. The molecule has 0 aliphatic carbocycles. The van der Waals surface area contributed by atoms with Gasteiger partial charge in [-0.25, -0.2) is 4.79 Å². The van der Waals surface area contributed by atoms with E-state index in [-0.39, 0.29) is 5.97 Å². The Balaban J connectivity index is 0. The summed E-state index contributed by atoms with van der Waals surface area (Å²) in [6.07, 6.45) is 10.1. The van der Waals surface area contributed by atoms with Gasteiger partial charge >= 0.3 is 16.4 Å². The molecule has 0 bridgehead atoms. The summed E-state index contributed by atoms with van der Waals surface area (Å²) in [7, 11) is -4.67. The van der Waals surface area contributed by atoms with E-state index in [1.165, 1.54) is 38.5 Å². The first-order valence-electron chi connectivity index (χ1n) is 7.21. The maximum atomic E-state index is 11.0. The highest BCUT2D eigenvalue weighted by molar-refractivity contribution is 7.79. The molecule has 0 fully saturated rings. The van der Waals surface area contributed by atoms with E-state index in [2.05, 4.69) is 13.5 Å². The van der Waals surface area contributed by atoms with E-state index < -0.39 is 10.4 Å². The summed E-state index contributed by atoms with van der Waals surface area (Å²) in [5.41, 5.74) is 0.486. The first kappa shape index (κ1) is 22.4. The van der Waals surface area contributed by atoms with Gasteiger partial charge in [0.1, 0.15) is 0 Å². The Morgan fingerprint density at radius 3 is 1.76 bits per heavy atom. The Labute approximate surface area is 128 Å². The molecule has 2 N–H and O–H groups in total. The second-order valence-electron chi connectivity index (χ2n) is 4.84. The molecule has 0 aromatic rings. The SMILES string of the molecule is C=C(C)C(=O)OCCCCCCCCCC.O=S(=O)(O)O. The summed E-state index contributed by atoms with van der Waals surface area (Å²) in [6, 6.07) is 0. The van der Waals surface area contributed by atoms with Gasteiger partial charge in [-0.3, -0.25) is 9.11 Å². The molecule has 0 saturated heterocycles. The van der Waals surface area contributed by atoms with Crippen LogP contribution in [0, 0.1) is 0 Å². The van der Waals surface area contributed by atoms with Crippen LogP contribution in [0.2, 0.25) is 0 Å². The van der Waals surface area contributed by atoms with E-state index >= 15 is 0 Å². The minimum atomic E-state index is -4.67. The molecule has 7 heteroatoms. The summed E-state index contributed by atoms with van der Waals surface area (Å²) in [5.74, 6) is -0.261. The van der Waals surface area contributed by atoms with Crippen molar-refractivity contribution in [3.05, 3.63) is 12.2 Å². The molecule has 126 valence electrons. The zero-order valence-corrected chi connectivity index (χ0v) is 13.8. The third-order valence-electron chi connectivity index (χ3n) is 2.58. The van der Waals surface area contributed by atoms with Crippen LogP contribution in [0.4, 0.5) is 0 Å². The molecule has 0 rings (SSSR count). The molecule has 0 radical (unpaired) electrons. The van der Waals surface area contributed by atoms with Crippen LogP contribution in [0.15, 0.2) is 12.2 Å². The third-order valence-corrected chi connectivity index (χ3v) is 2.58. The van der Waals surface area contributed by atoms with Gasteiger partial charge in [-0.1, -0.05) is 58.4 Å². The summed E-state index contributed by atoms with van der Waals surface area (Å²) in [5, 5.41) is 0. The van der Waals surface area contributed by atoms with Gasteiger partial charge in [-0.2, -0.15) is 8.42 Å². The minimum Gasteiger partial charge on any atom is -0.462 e. The lowest BCUT2D eigenvalue weighted by atomic mass is 10.1. The maximum absolute atomic E-state index is 11.0. The lowest BCUT2D eigenvalue weighted by Crippen LogP contribution is -2.05. The summed E-state index contributed by atoms with van der Waals surface area (Å²) < 4.78 is 36.6. The van der Waals surface area contributed by atoms with Crippen molar-refractivity contribution in [2.75, 3.05) is 6.61 Å². The van der Waals surface area contributed by atoms with Crippen LogP contribution in [-0.4, -0.2) is 30.1 Å².